The molecule has 1 aliphatic rings. The second-order valence-corrected chi connectivity index (χ2v) is 4.91. The third-order valence-corrected chi connectivity index (χ3v) is 3.47. The van der Waals surface area contributed by atoms with Crippen LogP contribution in [0, 0.1) is 11.8 Å². The molecule has 4 heteroatoms. The van der Waals surface area contributed by atoms with Crippen LogP contribution in [0.25, 0.3) is 0 Å². The lowest BCUT2D eigenvalue weighted by Crippen LogP contribution is -2.32. The number of hydrogen-bond donors (Lipinski definition) is 1. The van der Waals surface area contributed by atoms with Crippen molar-refractivity contribution in [1.29, 1.82) is 0 Å². The van der Waals surface area contributed by atoms with Gasteiger partial charge in [-0.3, -0.25) is 0 Å². The third-order valence-electron chi connectivity index (χ3n) is 3.47. The predicted octanol–water partition coefficient (Wildman–Crippen LogP) is 1.94. The minimum absolute atomic E-state index is 0.449. The first-order valence-corrected chi connectivity index (χ1v) is 5.67. The summed E-state index contributed by atoms with van der Waals surface area (Å²) in [6.45, 7) is 6.28. The van der Waals surface area contributed by atoms with Gasteiger partial charge in [-0.2, -0.15) is 0 Å². The molecule has 0 saturated heterocycles. The zero-order valence-corrected chi connectivity index (χ0v) is 9.59. The fourth-order valence-corrected chi connectivity index (χ4v) is 2.21. The molecule has 0 radical (unpaired) electrons. The summed E-state index contributed by atoms with van der Waals surface area (Å²) in [5.41, 5.74) is 0.835. The van der Waals surface area contributed by atoms with E-state index in [-0.39, 0.29) is 0 Å². The Morgan fingerprint density at radius 3 is 2.60 bits per heavy atom. The molecular weight excluding hydrogens is 190 g/mol. The third kappa shape index (κ3) is 1.91. The van der Waals surface area contributed by atoms with Crippen molar-refractivity contribution in [2.75, 3.05) is 0 Å². The van der Waals surface area contributed by atoms with E-state index in [1.54, 1.807) is 13.1 Å². The van der Waals surface area contributed by atoms with Crippen LogP contribution in [-0.4, -0.2) is 20.1 Å². The van der Waals surface area contributed by atoms with Crippen molar-refractivity contribution in [3.63, 3.8) is 0 Å². The highest BCUT2D eigenvalue weighted by molar-refractivity contribution is 5.01. The highest BCUT2D eigenvalue weighted by Gasteiger charge is 2.34. The minimum atomic E-state index is -0.474. The maximum Gasteiger partial charge on any atom is 0.0945 e. The Labute approximate surface area is 90.3 Å². The summed E-state index contributed by atoms with van der Waals surface area (Å²) in [4.78, 5) is 0. The van der Waals surface area contributed by atoms with Gasteiger partial charge in [-0.05, 0) is 31.6 Å². The molecule has 0 spiro atoms. The standard InChI is InChI=1S/C11H19N3O/c1-7(2)9-4-10(5-9)14-11(8(3)15)6-12-13-14/h6-10,15H,4-5H2,1-3H3/t8-,9?,10?/m0/s1. The molecule has 0 amide bonds. The molecule has 1 aromatic rings. The van der Waals surface area contributed by atoms with Crippen molar-refractivity contribution in [2.45, 2.75) is 45.8 Å². The van der Waals surface area contributed by atoms with Gasteiger partial charge in [0.15, 0.2) is 0 Å². The number of nitrogens with zero attached hydrogens (tertiary/aromatic N) is 3. The molecule has 1 fully saturated rings. The first-order valence-electron chi connectivity index (χ1n) is 5.67. The van der Waals surface area contributed by atoms with Gasteiger partial charge in [0, 0.05) is 0 Å². The van der Waals surface area contributed by atoms with E-state index >= 15 is 0 Å². The summed E-state index contributed by atoms with van der Waals surface area (Å²) in [7, 11) is 0. The Morgan fingerprint density at radius 1 is 1.40 bits per heavy atom. The van der Waals surface area contributed by atoms with Crippen LogP contribution in [0.1, 0.15) is 51.5 Å². The van der Waals surface area contributed by atoms with Crippen molar-refractivity contribution in [3.8, 4) is 0 Å². The average molecular weight is 209 g/mol. The zero-order chi connectivity index (χ0) is 11.0. The van der Waals surface area contributed by atoms with E-state index in [1.165, 1.54) is 12.8 Å². The van der Waals surface area contributed by atoms with Gasteiger partial charge < -0.3 is 5.11 Å². The van der Waals surface area contributed by atoms with Crippen LogP contribution in [0.3, 0.4) is 0 Å². The molecule has 0 bridgehead atoms. The smallest absolute Gasteiger partial charge is 0.0945 e. The van der Waals surface area contributed by atoms with Crippen molar-refractivity contribution >= 4 is 0 Å². The van der Waals surface area contributed by atoms with Crippen LogP contribution >= 0.6 is 0 Å². The van der Waals surface area contributed by atoms with E-state index in [1.807, 2.05) is 4.68 Å². The van der Waals surface area contributed by atoms with Crippen LogP contribution in [0.5, 0.6) is 0 Å². The van der Waals surface area contributed by atoms with E-state index in [2.05, 4.69) is 24.2 Å². The second kappa shape index (κ2) is 3.93. The Morgan fingerprint density at radius 2 is 2.07 bits per heavy atom. The SMILES string of the molecule is CC(C)C1CC(n2nncc2[C@H](C)O)C1. The van der Waals surface area contributed by atoms with E-state index in [9.17, 15) is 5.11 Å². The van der Waals surface area contributed by atoms with Crippen molar-refractivity contribution in [3.05, 3.63) is 11.9 Å². The van der Waals surface area contributed by atoms with Gasteiger partial charge in [-0.25, -0.2) is 4.68 Å². The molecule has 4 nitrogen and oxygen atoms in total. The summed E-state index contributed by atoms with van der Waals surface area (Å²) in [5, 5.41) is 17.5. The van der Waals surface area contributed by atoms with Crippen LogP contribution in [0.15, 0.2) is 6.20 Å². The molecule has 15 heavy (non-hydrogen) atoms. The Kier molecular flexibility index (Phi) is 2.78. The number of aliphatic hydroxyl groups is 1. The molecule has 2 rings (SSSR count). The Balaban J connectivity index is 2.03. The number of aromatic nitrogens is 3. The van der Waals surface area contributed by atoms with Gasteiger partial charge in [-0.15, -0.1) is 5.10 Å². The molecule has 0 aromatic carbocycles. The van der Waals surface area contributed by atoms with Gasteiger partial charge in [0.25, 0.3) is 0 Å². The lowest BCUT2D eigenvalue weighted by molar-refractivity contribution is 0.117. The Bertz CT molecular complexity index is 326. The Hall–Kier alpha value is -0.900. The molecule has 1 aliphatic carbocycles. The molecule has 1 saturated carbocycles. The average Bonchev–Trinajstić information content (AvgIpc) is 2.48. The molecule has 1 atom stereocenters. The summed E-state index contributed by atoms with van der Waals surface area (Å²) in [5.74, 6) is 1.56. The topological polar surface area (TPSA) is 50.9 Å². The molecule has 84 valence electrons. The first kappa shape index (κ1) is 10.6. The monoisotopic (exact) mass is 209 g/mol. The minimum Gasteiger partial charge on any atom is -0.387 e. The molecule has 1 N–H and O–H groups in total. The molecule has 1 aromatic heterocycles. The van der Waals surface area contributed by atoms with Crippen LogP contribution in [-0.2, 0) is 0 Å². The van der Waals surface area contributed by atoms with Crippen LogP contribution in [0.2, 0.25) is 0 Å². The quantitative estimate of drug-likeness (QED) is 0.827. The predicted molar refractivity (Wildman–Crippen MR) is 57.3 cm³/mol. The van der Waals surface area contributed by atoms with Crippen molar-refractivity contribution in [1.82, 2.24) is 15.0 Å². The van der Waals surface area contributed by atoms with Gasteiger partial charge in [0.05, 0.1) is 24.0 Å². The van der Waals surface area contributed by atoms with Gasteiger partial charge in [0.1, 0.15) is 0 Å². The first-order chi connectivity index (χ1) is 7.09. The largest absolute Gasteiger partial charge is 0.387 e. The zero-order valence-electron chi connectivity index (χ0n) is 9.59. The number of aliphatic hydroxyl groups excluding tert-OH is 1. The molecule has 0 unspecified atom stereocenters. The van der Waals surface area contributed by atoms with E-state index in [4.69, 9.17) is 0 Å². The lowest BCUT2D eigenvalue weighted by Gasteiger charge is -2.38. The molecule has 0 aliphatic heterocycles. The maximum atomic E-state index is 9.54. The van der Waals surface area contributed by atoms with Crippen molar-refractivity contribution < 1.29 is 5.11 Å². The molecular formula is C11H19N3O. The maximum absolute atomic E-state index is 9.54. The summed E-state index contributed by atoms with van der Waals surface area (Å²) >= 11 is 0. The lowest BCUT2D eigenvalue weighted by atomic mass is 9.73. The highest BCUT2D eigenvalue weighted by atomic mass is 16.3. The van der Waals surface area contributed by atoms with Gasteiger partial charge >= 0.3 is 0 Å². The number of hydrogen-bond acceptors (Lipinski definition) is 3. The summed E-state index contributed by atoms with van der Waals surface area (Å²) in [6.07, 6.45) is 3.52. The molecule has 1 heterocycles. The van der Waals surface area contributed by atoms with Crippen LogP contribution in [0.4, 0.5) is 0 Å². The van der Waals surface area contributed by atoms with E-state index in [0.717, 1.165) is 17.5 Å². The van der Waals surface area contributed by atoms with Gasteiger partial charge in [-0.1, -0.05) is 19.1 Å². The van der Waals surface area contributed by atoms with Crippen molar-refractivity contribution in [2.24, 2.45) is 11.8 Å². The highest BCUT2D eigenvalue weighted by Crippen LogP contribution is 2.42. The van der Waals surface area contributed by atoms with E-state index in [0.29, 0.717) is 6.04 Å². The fourth-order valence-electron chi connectivity index (χ4n) is 2.21. The van der Waals surface area contributed by atoms with E-state index < -0.39 is 6.10 Å². The summed E-state index contributed by atoms with van der Waals surface area (Å²) < 4.78 is 1.89. The second-order valence-electron chi connectivity index (χ2n) is 4.91. The summed E-state index contributed by atoms with van der Waals surface area (Å²) in [6, 6.07) is 0.449. The van der Waals surface area contributed by atoms with Gasteiger partial charge in [0.2, 0.25) is 0 Å². The normalized spacial score (nSPS) is 27.8. The fraction of sp³-hybridized carbons (Fsp3) is 0.818. The van der Waals surface area contributed by atoms with Crippen LogP contribution < -0.4 is 0 Å². The number of rotatable bonds is 3.